The number of halogens is 1. The number of amides is 1. The minimum atomic E-state index is -0.393. The van der Waals surface area contributed by atoms with E-state index in [4.69, 9.17) is 0 Å². The molecule has 1 aliphatic heterocycles. The van der Waals surface area contributed by atoms with E-state index in [0.29, 0.717) is 11.4 Å². The Kier molecular flexibility index (Phi) is 2.71. The Morgan fingerprint density at radius 2 is 1.53 bits per heavy atom. The highest BCUT2D eigenvalue weighted by Gasteiger charge is 2.29. The van der Waals surface area contributed by atoms with Crippen molar-refractivity contribution in [3.8, 4) is 0 Å². The summed E-state index contributed by atoms with van der Waals surface area (Å²) in [5.41, 5.74) is 1.93. The van der Waals surface area contributed by atoms with Gasteiger partial charge in [-0.05, 0) is 24.3 Å². The summed E-state index contributed by atoms with van der Waals surface area (Å²) in [6.07, 6.45) is 0. The number of likely N-dealkylation sites (N-methyl/N-ethyl adjacent to an activating group) is 1. The van der Waals surface area contributed by atoms with Crippen molar-refractivity contribution in [3.05, 3.63) is 54.3 Å². The van der Waals surface area contributed by atoms with Crippen LogP contribution in [0.2, 0.25) is 0 Å². The number of benzene rings is 2. The highest BCUT2D eigenvalue weighted by atomic mass is 19.1. The topological polar surface area (TPSA) is 23.6 Å². The molecule has 0 unspecified atom stereocenters. The molecule has 2 aromatic carbocycles. The van der Waals surface area contributed by atoms with Crippen molar-refractivity contribution in [3.63, 3.8) is 0 Å². The normalized spacial score (nSPS) is 14.5. The lowest BCUT2D eigenvalue weighted by atomic mass is 10.1. The summed E-state index contributed by atoms with van der Waals surface area (Å²) in [7, 11) is 1.86. The van der Waals surface area contributed by atoms with Gasteiger partial charge in [0.15, 0.2) is 0 Å². The number of rotatable bonds is 1. The molecule has 0 atom stereocenters. The third-order valence-corrected chi connectivity index (χ3v) is 3.25. The van der Waals surface area contributed by atoms with E-state index in [0.717, 1.165) is 5.69 Å². The Labute approximate surface area is 110 Å². The van der Waals surface area contributed by atoms with Crippen LogP contribution in [0.25, 0.3) is 0 Å². The highest BCUT2D eigenvalue weighted by molar-refractivity contribution is 6.08. The summed E-state index contributed by atoms with van der Waals surface area (Å²) in [5.74, 6) is -0.526. The third-order valence-electron chi connectivity index (χ3n) is 3.25. The van der Waals surface area contributed by atoms with Crippen LogP contribution < -0.4 is 9.80 Å². The maximum Gasteiger partial charge on any atom is 0.251 e. The highest BCUT2D eigenvalue weighted by Crippen LogP contribution is 2.38. The molecule has 0 bridgehead atoms. The van der Waals surface area contributed by atoms with Crippen molar-refractivity contribution >= 4 is 23.0 Å². The van der Waals surface area contributed by atoms with Gasteiger partial charge in [0.2, 0.25) is 0 Å². The van der Waals surface area contributed by atoms with E-state index < -0.39 is 5.82 Å². The zero-order chi connectivity index (χ0) is 13.4. The van der Waals surface area contributed by atoms with E-state index in [1.165, 1.54) is 11.0 Å². The van der Waals surface area contributed by atoms with E-state index in [9.17, 15) is 9.18 Å². The molecule has 1 aliphatic rings. The number of nitrogens with zero attached hydrogens (tertiary/aromatic N) is 2. The number of para-hydroxylation sites is 3. The molecule has 1 amide bonds. The molecule has 1 heterocycles. The molecule has 0 aliphatic carbocycles. The molecule has 96 valence electrons. The number of hydrogen-bond donors (Lipinski definition) is 0. The fourth-order valence-electron chi connectivity index (χ4n) is 2.37. The third kappa shape index (κ3) is 1.85. The van der Waals surface area contributed by atoms with Crippen LogP contribution in [0.3, 0.4) is 0 Å². The minimum Gasteiger partial charge on any atom is -0.364 e. The molecule has 3 rings (SSSR count). The monoisotopic (exact) mass is 256 g/mol. The largest absolute Gasteiger partial charge is 0.364 e. The molecule has 0 saturated heterocycles. The summed E-state index contributed by atoms with van der Waals surface area (Å²) >= 11 is 0. The molecule has 0 N–H and O–H groups in total. The maximum absolute atomic E-state index is 13.9. The van der Waals surface area contributed by atoms with Crippen LogP contribution in [0.1, 0.15) is 0 Å². The molecule has 3 nitrogen and oxygen atoms in total. The second-order valence-electron chi connectivity index (χ2n) is 4.53. The molecule has 0 radical (unpaired) electrons. The number of carbonyl (C=O) groups is 1. The standard InChI is InChI=1S/C15H13FN2O/c1-17-10-15(19)18(12-7-3-2-6-11(12)16)14-9-5-4-8-13(14)17/h2-9H,10H2,1H3. The second-order valence-corrected chi connectivity index (χ2v) is 4.53. The number of fused-ring (bicyclic) bond motifs is 1. The van der Waals surface area contributed by atoms with Gasteiger partial charge >= 0.3 is 0 Å². The van der Waals surface area contributed by atoms with E-state index in [1.54, 1.807) is 18.2 Å². The van der Waals surface area contributed by atoms with Crippen molar-refractivity contribution in [2.75, 3.05) is 23.4 Å². The zero-order valence-corrected chi connectivity index (χ0v) is 10.5. The predicted octanol–water partition coefficient (Wildman–Crippen LogP) is 2.94. The van der Waals surface area contributed by atoms with Gasteiger partial charge in [-0.1, -0.05) is 24.3 Å². The first-order valence-electron chi connectivity index (χ1n) is 6.06. The first kappa shape index (κ1) is 11.7. The second kappa shape index (κ2) is 4.39. The molecule has 0 saturated carbocycles. The lowest BCUT2D eigenvalue weighted by Crippen LogP contribution is -2.41. The maximum atomic E-state index is 13.9. The van der Waals surface area contributed by atoms with Gasteiger partial charge in [-0.3, -0.25) is 9.69 Å². The van der Waals surface area contributed by atoms with Gasteiger partial charge in [0.1, 0.15) is 5.82 Å². The average Bonchev–Trinajstić information content (AvgIpc) is 2.41. The number of carbonyl (C=O) groups excluding carboxylic acids is 1. The minimum absolute atomic E-state index is 0.133. The van der Waals surface area contributed by atoms with Crippen molar-refractivity contribution < 1.29 is 9.18 Å². The number of anilines is 3. The fraction of sp³-hybridized carbons (Fsp3) is 0.133. The van der Waals surface area contributed by atoms with Crippen LogP contribution in [0.4, 0.5) is 21.5 Å². The molecular weight excluding hydrogens is 243 g/mol. The molecule has 0 spiro atoms. The Morgan fingerprint density at radius 3 is 2.21 bits per heavy atom. The van der Waals surface area contributed by atoms with Gasteiger partial charge in [-0.25, -0.2) is 4.39 Å². The average molecular weight is 256 g/mol. The van der Waals surface area contributed by atoms with Crippen molar-refractivity contribution in [2.45, 2.75) is 0 Å². The summed E-state index contributed by atoms with van der Waals surface area (Å²) in [6.45, 7) is 0.241. The summed E-state index contributed by atoms with van der Waals surface area (Å²) < 4.78 is 13.9. The van der Waals surface area contributed by atoms with Crippen molar-refractivity contribution in [2.24, 2.45) is 0 Å². The Bertz CT molecular complexity index is 642. The smallest absolute Gasteiger partial charge is 0.251 e. The van der Waals surface area contributed by atoms with Gasteiger partial charge in [0, 0.05) is 7.05 Å². The fourth-order valence-corrected chi connectivity index (χ4v) is 2.37. The van der Waals surface area contributed by atoms with E-state index in [1.807, 2.05) is 36.2 Å². The van der Waals surface area contributed by atoms with Crippen LogP contribution in [0, 0.1) is 5.82 Å². The van der Waals surface area contributed by atoms with Gasteiger partial charge in [0.25, 0.3) is 5.91 Å². The molecule has 0 fully saturated rings. The first-order chi connectivity index (χ1) is 9.18. The number of hydrogen-bond acceptors (Lipinski definition) is 2. The molecule has 2 aromatic rings. The van der Waals surface area contributed by atoms with Crippen molar-refractivity contribution in [1.29, 1.82) is 0 Å². The summed E-state index contributed by atoms with van der Waals surface area (Å²) in [4.78, 5) is 15.6. The zero-order valence-electron chi connectivity index (χ0n) is 10.5. The molecular formula is C15H13FN2O. The molecule has 0 aromatic heterocycles. The lowest BCUT2D eigenvalue weighted by molar-refractivity contribution is -0.116. The van der Waals surface area contributed by atoms with Crippen LogP contribution in [-0.2, 0) is 4.79 Å². The van der Waals surface area contributed by atoms with Gasteiger partial charge in [-0.15, -0.1) is 0 Å². The van der Waals surface area contributed by atoms with E-state index in [2.05, 4.69) is 0 Å². The van der Waals surface area contributed by atoms with Crippen LogP contribution in [-0.4, -0.2) is 19.5 Å². The Hall–Kier alpha value is -2.36. The molecule has 19 heavy (non-hydrogen) atoms. The first-order valence-corrected chi connectivity index (χ1v) is 6.06. The van der Waals surface area contributed by atoms with Gasteiger partial charge < -0.3 is 4.90 Å². The van der Waals surface area contributed by atoms with E-state index >= 15 is 0 Å². The Morgan fingerprint density at radius 1 is 0.947 bits per heavy atom. The predicted molar refractivity (Wildman–Crippen MR) is 73.3 cm³/mol. The van der Waals surface area contributed by atoms with Gasteiger partial charge in [0.05, 0.1) is 23.6 Å². The van der Waals surface area contributed by atoms with Crippen LogP contribution in [0.15, 0.2) is 48.5 Å². The van der Waals surface area contributed by atoms with Gasteiger partial charge in [-0.2, -0.15) is 0 Å². The molecule has 4 heteroatoms. The van der Waals surface area contributed by atoms with E-state index in [-0.39, 0.29) is 12.5 Å². The van der Waals surface area contributed by atoms with Crippen molar-refractivity contribution in [1.82, 2.24) is 0 Å². The van der Waals surface area contributed by atoms with Crippen LogP contribution in [0.5, 0.6) is 0 Å². The quantitative estimate of drug-likeness (QED) is 0.783. The SMILES string of the molecule is CN1CC(=O)N(c2ccccc2F)c2ccccc21. The lowest BCUT2D eigenvalue weighted by Gasteiger charge is -2.35. The summed E-state index contributed by atoms with van der Waals surface area (Å²) in [6, 6.07) is 13.8. The van der Waals surface area contributed by atoms with Crippen LogP contribution >= 0.6 is 0 Å². The Balaban J connectivity index is 2.19. The summed E-state index contributed by atoms with van der Waals surface area (Å²) in [5, 5.41) is 0.